The largest absolute Gasteiger partial charge is 0.480 e. The third-order valence-electron chi connectivity index (χ3n) is 2.39. The number of hydrogen-bond donors (Lipinski definition) is 1. The van der Waals surface area contributed by atoms with Crippen molar-refractivity contribution < 1.29 is 14.8 Å². The number of anilines is 1. The Labute approximate surface area is 119 Å². The van der Waals surface area contributed by atoms with Crippen LogP contribution in [0.25, 0.3) is 0 Å². The lowest BCUT2D eigenvalue weighted by Crippen LogP contribution is -2.33. The molecule has 0 aromatic heterocycles. The number of benzene rings is 1. The fourth-order valence-electron chi connectivity index (χ4n) is 1.76. The highest BCUT2D eigenvalue weighted by Crippen LogP contribution is 2.31. The molecule has 0 atom stereocenters. The molecule has 0 aliphatic heterocycles. The summed E-state index contributed by atoms with van der Waals surface area (Å²) in [4.78, 5) is 22.9. The molecule has 1 N–H and O–H groups in total. The van der Waals surface area contributed by atoms with Gasteiger partial charge in [0.15, 0.2) is 0 Å². The molecule has 0 heterocycles. The predicted octanol–water partition coefficient (Wildman–Crippen LogP) is 2.90. The lowest BCUT2D eigenvalue weighted by atomic mass is 10.1. The summed E-state index contributed by atoms with van der Waals surface area (Å²) in [7, 11) is 0. The minimum atomic E-state index is -1.02. The zero-order chi connectivity index (χ0) is 14.6. The fourth-order valence-corrected chi connectivity index (χ4v) is 2.11. The van der Waals surface area contributed by atoms with E-state index in [2.05, 4.69) is 15.9 Å². The Morgan fingerprint density at radius 2 is 2.16 bits per heavy atom. The first-order chi connectivity index (χ1) is 8.81. The van der Waals surface area contributed by atoms with Gasteiger partial charge in [-0.1, -0.05) is 29.8 Å². The molecule has 0 saturated heterocycles. The van der Waals surface area contributed by atoms with E-state index in [9.17, 15) is 14.9 Å². The number of carboxylic acid groups (broad SMARTS) is 1. The van der Waals surface area contributed by atoms with Crippen molar-refractivity contribution in [3.05, 3.63) is 32.8 Å². The highest BCUT2D eigenvalue weighted by molar-refractivity contribution is 9.10. The van der Waals surface area contributed by atoms with E-state index in [4.69, 9.17) is 5.11 Å². The van der Waals surface area contributed by atoms with E-state index in [-0.39, 0.29) is 18.2 Å². The summed E-state index contributed by atoms with van der Waals surface area (Å²) in [6.45, 7) is 4.02. The van der Waals surface area contributed by atoms with Crippen LogP contribution in [0.3, 0.4) is 0 Å². The fraction of sp³-hybridized carbons (Fsp3) is 0.417. The van der Waals surface area contributed by atoms with Crippen molar-refractivity contribution in [1.29, 1.82) is 0 Å². The zero-order valence-corrected chi connectivity index (χ0v) is 12.3. The standard InChI is InChI=1S/C12H15BrN2O4/c1-8(2)6-14(7-12(16)17)11-5-9(13)3-4-10(11)15(18)19/h3-5,8H,6-7H2,1-2H3,(H,16,17). The van der Waals surface area contributed by atoms with Crippen LogP contribution in [0.1, 0.15) is 13.8 Å². The van der Waals surface area contributed by atoms with Crippen molar-refractivity contribution >= 4 is 33.3 Å². The molecule has 0 unspecified atom stereocenters. The Morgan fingerprint density at radius 1 is 1.53 bits per heavy atom. The second kappa shape index (κ2) is 6.51. The molecule has 1 aromatic rings. The molecule has 0 bridgehead atoms. The van der Waals surface area contributed by atoms with Gasteiger partial charge in [0, 0.05) is 17.1 Å². The quantitative estimate of drug-likeness (QED) is 0.640. The van der Waals surface area contributed by atoms with Crippen LogP contribution in [-0.2, 0) is 4.79 Å². The molecule has 0 saturated carbocycles. The summed E-state index contributed by atoms with van der Waals surface area (Å²) in [5.74, 6) is -0.826. The first-order valence-corrected chi connectivity index (χ1v) is 6.51. The Bertz CT molecular complexity index is 491. The van der Waals surface area contributed by atoms with Crippen LogP contribution < -0.4 is 4.90 Å². The van der Waals surface area contributed by atoms with Crippen molar-refractivity contribution in [2.45, 2.75) is 13.8 Å². The molecule has 0 amide bonds. The normalized spacial score (nSPS) is 10.5. The third kappa shape index (κ3) is 4.51. The summed E-state index contributed by atoms with van der Waals surface area (Å²) in [5, 5.41) is 20.0. The number of carbonyl (C=O) groups is 1. The molecule has 19 heavy (non-hydrogen) atoms. The van der Waals surface area contributed by atoms with Crippen molar-refractivity contribution in [3.63, 3.8) is 0 Å². The van der Waals surface area contributed by atoms with Crippen LogP contribution >= 0.6 is 15.9 Å². The topological polar surface area (TPSA) is 83.7 Å². The third-order valence-corrected chi connectivity index (χ3v) is 2.88. The first-order valence-electron chi connectivity index (χ1n) is 5.72. The van der Waals surface area contributed by atoms with E-state index in [1.807, 2.05) is 13.8 Å². The average Bonchev–Trinajstić information content (AvgIpc) is 2.26. The molecule has 0 aliphatic carbocycles. The van der Waals surface area contributed by atoms with E-state index in [1.54, 1.807) is 12.1 Å². The second-order valence-corrected chi connectivity index (χ2v) is 5.47. The van der Waals surface area contributed by atoms with E-state index < -0.39 is 10.9 Å². The number of carboxylic acids is 1. The number of nitro benzene ring substituents is 1. The molecule has 1 rings (SSSR count). The van der Waals surface area contributed by atoms with Crippen LogP contribution in [0, 0.1) is 16.0 Å². The van der Waals surface area contributed by atoms with Crippen molar-refractivity contribution in [3.8, 4) is 0 Å². The molecule has 7 heteroatoms. The van der Waals surface area contributed by atoms with Crippen LogP contribution in [0.5, 0.6) is 0 Å². The minimum Gasteiger partial charge on any atom is -0.480 e. The molecule has 0 spiro atoms. The average molecular weight is 331 g/mol. The zero-order valence-electron chi connectivity index (χ0n) is 10.7. The summed E-state index contributed by atoms with van der Waals surface area (Å²) in [6.07, 6.45) is 0. The van der Waals surface area contributed by atoms with E-state index in [0.29, 0.717) is 16.7 Å². The highest BCUT2D eigenvalue weighted by Gasteiger charge is 2.22. The number of nitro groups is 1. The molecular weight excluding hydrogens is 316 g/mol. The van der Waals surface area contributed by atoms with Crippen LogP contribution in [-0.4, -0.2) is 29.1 Å². The van der Waals surface area contributed by atoms with Crippen LogP contribution in [0.4, 0.5) is 11.4 Å². The molecule has 0 radical (unpaired) electrons. The van der Waals surface area contributed by atoms with Gasteiger partial charge >= 0.3 is 5.97 Å². The number of hydrogen-bond acceptors (Lipinski definition) is 4. The summed E-state index contributed by atoms with van der Waals surface area (Å²) >= 11 is 3.25. The van der Waals surface area contributed by atoms with Gasteiger partial charge in [0.2, 0.25) is 0 Å². The smallest absolute Gasteiger partial charge is 0.323 e. The highest BCUT2D eigenvalue weighted by atomic mass is 79.9. The van der Waals surface area contributed by atoms with Gasteiger partial charge in [-0.05, 0) is 18.1 Å². The van der Waals surface area contributed by atoms with Gasteiger partial charge in [-0.2, -0.15) is 0 Å². The summed E-state index contributed by atoms with van der Waals surface area (Å²) in [6, 6.07) is 4.51. The van der Waals surface area contributed by atoms with Gasteiger partial charge in [-0.25, -0.2) is 0 Å². The van der Waals surface area contributed by atoms with Crippen molar-refractivity contribution in [2.75, 3.05) is 18.0 Å². The Kier molecular flexibility index (Phi) is 5.29. The van der Waals surface area contributed by atoms with Crippen molar-refractivity contribution in [1.82, 2.24) is 0 Å². The van der Waals surface area contributed by atoms with E-state index >= 15 is 0 Å². The second-order valence-electron chi connectivity index (χ2n) is 4.56. The summed E-state index contributed by atoms with van der Waals surface area (Å²) < 4.78 is 0.673. The van der Waals surface area contributed by atoms with Crippen molar-refractivity contribution in [2.24, 2.45) is 5.92 Å². The van der Waals surface area contributed by atoms with Gasteiger partial charge in [0.25, 0.3) is 5.69 Å². The Hall–Kier alpha value is -1.63. The molecule has 1 aromatic carbocycles. The molecule has 104 valence electrons. The lowest BCUT2D eigenvalue weighted by Gasteiger charge is -2.24. The maximum absolute atomic E-state index is 11.0. The van der Waals surface area contributed by atoms with Gasteiger partial charge < -0.3 is 10.0 Å². The molecule has 0 fully saturated rings. The van der Waals surface area contributed by atoms with Crippen LogP contribution in [0.2, 0.25) is 0 Å². The first kappa shape index (κ1) is 15.4. The molecule has 0 aliphatic rings. The monoisotopic (exact) mass is 330 g/mol. The van der Waals surface area contributed by atoms with Crippen LogP contribution in [0.15, 0.2) is 22.7 Å². The molecule has 6 nitrogen and oxygen atoms in total. The van der Waals surface area contributed by atoms with Gasteiger partial charge in [-0.3, -0.25) is 14.9 Å². The van der Waals surface area contributed by atoms with E-state index in [1.165, 1.54) is 11.0 Å². The van der Waals surface area contributed by atoms with Gasteiger partial charge in [0.05, 0.1) is 4.92 Å². The SMILES string of the molecule is CC(C)CN(CC(=O)O)c1cc(Br)ccc1[N+](=O)[O-]. The number of nitrogens with zero attached hydrogens (tertiary/aromatic N) is 2. The molecular formula is C12H15BrN2O4. The lowest BCUT2D eigenvalue weighted by molar-refractivity contribution is -0.384. The number of rotatable bonds is 6. The number of aliphatic carboxylic acids is 1. The summed E-state index contributed by atoms with van der Waals surface area (Å²) in [5.41, 5.74) is 0.223. The Morgan fingerprint density at radius 3 is 2.63 bits per heavy atom. The number of halogens is 1. The Balaban J connectivity index is 3.22. The predicted molar refractivity (Wildman–Crippen MR) is 75.5 cm³/mol. The van der Waals surface area contributed by atoms with E-state index in [0.717, 1.165) is 0 Å². The minimum absolute atomic E-state index is 0.0925. The van der Waals surface area contributed by atoms with Gasteiger partial charge in [0.1, 0.15) is 12.2 Å². The van der Waals surface area contributed by atoms with Gasteiger partial charge in [-0.15, -0.1) is 0 Å². The maximum Gasteiger partial charge on any atom is 0.323 e. The maximum atomic E-state index is 11.0.